The summed E-state index contributed by atoms with van der Waals surface area (Å²) in [6, 6.07) is 8.89. The smallest absolute Gasteiger partial charge is 0.0732 e. The van der Waals surface area contributed by atoms with Gasteiger partial charge < -0.3 is 10.4 Å². The van der Waals surface area contributed by atoms with Gasteiger partial charge in [-0.15, -0.1) is 0 Å². The largest absolute Gasteiger partial charge is 0.393 e. The second-order valence-electron chi connectivity index (χ2n) is 6.53. The Morgan fingerprint density at radius 3 is 2.87 bits per heavy atom. The molecule has 2 atom stereocenters. The Morgan fingerprint density at radius 1 is 1.22 bits per heavy atom. The van der Waals surface area contributed by atoms with Gasteiger partial charge in [0, 0.05) is 29.0 Å². The standard InChI is InChI=1S/C19H21N3O/c1-12-8-18(22-15-3-4-16(23)10-15)17-5-2-13(9-19(17)21-12)14-6-7-20-11-14/h2,5-9,15-16,23H,3-4,10-11H2,1H3,(H,21,22)/t15-,16-/m1/s1. The number of hydrogen-bond acceptors (Lipinski definition) is 4. The van der Waals surface area contributed by atoms with Crippen molar-refractivity contribution in [3.63, 3.8) is 0 Å². The van der Waals surface area contributed by atoms with E-state index in [0.717, 1.165) is 48.1 Å². The summed E-state index contributed by atoms with van der Waals surface area (Å²) in [7, 11) is 0. The summed E-state index contributed by atoms with van der Waals surface area (Å²) in [4.78, 5) is 8.96. The first-order chi connectivity index (χ1) is 11.2. The zero-order valence-corrected chi connectivity index (χ0v) is 13.3. The summed E-state index contributed by atoms with van der Waals surface area (Å²) in [5, 5.41) is 14.5. The molecule has 1 saturated carbocycles. The third-order valence-electron chi connectivity index (χ3n) is 4.72. The molecule has 1 aromatic carbocycles. The van der Waals surface area contributed by atoms with E-state index in [1.807, 2.05) is 13.1 Å². The quantitative estimate of drug-likeness (QED) is 0.914. The molecular weight excluding hydrogens is 286 g/mol. The predicted octanol–water partition coefficient (Wildman–Crippen LogP) is 3.34. The van der Waals surface area contributed by atoms with E-state index in [-0.39, 0.29) is 6.10 Å². The van der Waals surface area contributed by atoms with Crippen molar-refractivity contribution in [3.05, 3.63) is 41.6 Å². The zero-order valence-electron chi connectivity index (χ0n) is 13.3. The van der Waals surface area contributed by atoms with E-state index in [1.165, 1.54) is 11.1 Å². The molecule has 1 aliphatic carbocycles. The van der Waals surface area contributed by atoms with E-state index in [9.17, 15) is 5.11 Å². The molecule has 23 heavy (non-hydrogen) atoms. The average Bonchev–Trinajstić information content (AvgIpc) is 3.18. The SMILES string of the molecule is Cc1cc(N[C@@H]2CC[C@@H](O)C2)c2ccc(C3=CC=NC3)cc2n1. The number of benzene rings is 1. The van der Waals surface area contributed by atoms with Crippen LogP contribution in [-0.2, 0) is 0 Å². The Bertz CT molecular complexity index is 810. The summed E-state index contributed by atoms with van der Waals surface area (Å²) < 4.78 is 0. The summed E-state index contributed by atoms with van der Waals surface area (Å²) in [5.74, 6) is 0. The molecule has 2 aromatic rings. The van der Waals surface area contributed by atoms with Gasteiger partial charge in [-0.25, -0.2) is 0 Å². The van der Waals surface area contributed by atoms with E-state index in [2.05, 4.69) is 40.7 Å². The summed E-state index contributed by atoms with van der Waals surface area (Å²) in [6.45, 7) is 2.78. The fourth-order valence-corrected chi connectivity index (χ4v) is 3.52. The van der Waals surface area contributed by atoms with Gasteiger partial charge in [-0.2, -0.15) is 0 Å². The van der Waals surface area contributed by atoms with Crippen LogP contribution >= 0.6 is 0 Å². The number of nitrogens with zero attached hydrogens (tertiary/aromatic N) is 2. The molecule has 1 fully saturated rings. The van der Waals surface area contributed by atoms with Crippen molar-refractivity contribution >= 4 is 28.4 Å². The summed E-state index contributed by atoms with van der Waals surface area (Å²) >= 11 is 0. The molecule has 2 aliphatic rings. The Kier molecular flexibility index (Phi) is 3.62. The molecular formula is C19H21N3O. The highest BCUT2D eigenvalue weighted by Gasteiger charge is 2.23. The van der Waals surface area contributed by atoms with E-state index in [1.54, 1.807) is 0 Å². The number of aliphatic hydroxyl groups excluding tert-OH is 1. The van der Waals surface area contributed by atoms with Crippen LogP contribution in [0.25, 0.3) is 16.5 Å². The van der Waals surface area contributed by atoms with Gasteiger partial charge >= 0.3 is 0 Å². The lowest BCUT2D eigenvalue weighted by Gasteiger charge is -2.17. The van der Waals surface area contributed by atoms with Gasteiger partial charge in [0.05, 0.1) is 18.2 Å². The lowest BCUT2D eigenvalue weighted by Crippen LogP contribution is -2.17. The maximum atomic E-state index is 9.73. The molecule has 1 aliphatic heterocycles. The zero-order chi connectivity index (χ0) is 15.8. The molecule has 0 bridgehead atoms. The second kappa shape index (κ2) is 5.78. The van der Waals surface area contributed by atoms with E-state index in [4.69, 9.17) is 4.98 Å². The first-order valence-corrected chi connectivity index (χ1v) is 8.24. The van der Waals surface area contributed by atoms with Gasteiger partial charge in [-0.1, -0.05) is 12.1 Å². The maximum Gasteiger partial charge on any atom is 0.0732 e. The van der Waals surface area contributed by atoms with Crippen molar-refractivity contribution in [3.8, 4) is 0 Å². The van der Waals surface area contributed by atoms with Crippen LogP contribution in [0.3, 0.4) is 0 Å². The minimum atomic E-state index is -0.164. The van der Waals surface area contributed by atoms with Crippen LogP contribution in [-0.4, -0.2) is 35.0 Å². The van der Waals surface area contributed by atoms with Crippen molar-refractivity contribution in [2.24, 2.45) is 4.99 Å². The maximum absolute atomic E-state index is 9.73. The Morgan fingerprint density at radius 2 is 2.13 bits per heavy atom. The van der Waals surface area contributed by atoms with Gasteiger partial charge in [0.25, 0.3) is 0 Å². The van der Waals surface area contributed by atoms with Crippen molar-refractivity contribution in [1.82, 2.24) is 4.98 Å². The summed E-state index contributed by atoms with van der Waals surface area (Å²) in [5.41, 5.74) is 5.57. The average molecular weight is 307 g/mol. The van der Waals surface area contributed by atoms with Crippen molar-refractivity contribution in [2.45, 2.75) is 38.3 Å². The van der Waals surface area contributed by atoms with Crippen LogP contribution in [0.5, 0.6) is 0 Å². The molecule has 2 heterocycles. The molecule has 0 saturated heterocycles. The highest BCUT2D eigenvalue weighted by atomic mass is 16.3. The normalized spacial score (nSPS) is 23.5. The highest BCUT2D eigenvalue weighted by Crippen LogP contribution is 2.30. The molecule has 4 nitrogen and oxygen atoms in total. The topological polar surface area (TPSA) is 57.5 Å². The van der Waals surface area contributed by atoms with E-state index < -0.39 is 0 Å². The number of anilines is 1. The predicted molar refractivity (Wildman–Crippen MR) is 95.1 cm³/mol. The number of allylic oxidation sites excluding steroid dienone is 1. The van der Waals surface area contributed by atoms with E-state index >= 15 is 0 Å². The van der Waals surface area contributed by atoms with Crippen LogP contribution in [0.15, 0.2) is 35.3 Å². The van der Waals surface area contributed by atoms with Crippen LogP contribution < -0.4 is 5.32 Å². The van der Waals surface area contributed by atoms with E-state index in [0.29, 0.717) is 6.04 Å². The number of fused-ring (bicyclic) bond motifs is 1. The first kappa shape index (κ1) is 14.4. The molecule has 0 radical (unpaired) electrons. The number of aliphatic imine (C=N–C) groups is 1. The fraction of sp³-hybridized carbons (Fsp3) is 0.368. The molecule has 0 amide bonds. The second-order valence-corrected chi connectivity index (χ2v) is 6.53. The third-order valence-corrected chi connectivity index (χ3v) is 4.72. The number of aryl methyl sites for hydroxylation is 1. The molecule has 0 spiro atoms. The number of aromatic nitrogens is 1. The number of pyridine rings is 1. The summed E-state index contributed by atoms with van der Waals surface area (Å²) in [6.07, 6.45) is 6.50. The molecule has 0 unspecified atom stereocenters. The molecule has 1 aromatic heterocycles. The lowest BCUT2D eigenvalue weighted by atomic mass is 10.0. The Hall–Kier alpha value is -2.20. The lowest BCUT2D eigenvalue weighted by molar-refractivity contribution is 0.182. The highest BCUT2D eigenvalue weighted by molar-refractivity contribution is 5.96. The fourth-order valence-electron chi connectivity index (χ4n) is 3.52. The van der Waals surface area contributed by atoms with Crippen molar-refractivity contribution in [2.75, 3.05) is 11.9 Å². The van der Waals surface area contributed by atoms with Crippen LogP contribution in [0.4, 0.5) is 5.69 Å². The number of aliphatic hydroxyl groups is 1. The molecule has 2 N–H and O–H groups in total. The minimum absolute atomic E-state index is 0.164. The third kappa shape index (κ3) is 2.86. The number of rotatable bonds is 3. The number of nitrogens with one attached hydrogen (secondary N) is 1. The number of hydrogen-bond donors (Lipinski definition) is 2. The Balaban J connectivity index is 1.70. The minimum Gasteiger partial charge on any atom is -0.393 e. The van der Waals surface area contributed by atoms with Crippen molar-refractivity contribution < 1.29 is 5.11 Å². The van der Waals surface area contributed by atoms with Crippen LogP contribution in [0.2, 0.25) is 0 Å². The van der Waals surface area contributed by atoms with Gasteiger partial charge in [0.1, 0.15) is 0 Å². The van der Waals surface area contributed by atoms with Crippen LogP contribution in [0, 0.1) is 6.92 Å². The molecule has 4 rings (SSSR count). The van der Waals surface area contributed by atoms with Gasteiger partial charge in [-0.3, -0.25) is 9.98 Å². The van der Waals surface area contributed by atoms with Crippen molar-refractivity contribution in [1.29, 1.82) is 0 Å². The monoisotopic (exact) mass is 307 g/mol. The Labute approximate surface area is 136 Å². The first-order valence-electron chi connectivity index (χ1n) is 8.24. The van der Waals surface area contributed by atoms with Gasteiger partial charge in [0.15, 0.2) is 0 Å². The molecule has 4 heteroatoms. The van der Waals surface area contributed by atoms with Gasteiger partial charge in [-0.05, 0) is 55.5 Å². The van der Waals surface area contributed by atoms with Crippen LogP contribution in [0.1, 0.15) is 30.5 Å². The van der Waals surface area contributed by atoms with Gasteiger partial charge in [0.2, 0.25) is 0 Å². The molecule has 118 valence electrons.